The summed E-state index contributed by atoms with van der Waals surface area (Å²) in [6.07, 6.45) is 2.16. The van der Waals surface area contributed by atoms with Crippen molar-refractivity contribution < 1.29 is 5.11 Å². The Balaban J connectivity index is 2.00. The maximum absolute atomic E-state index is 11.4. The zero-order chi connectivity index (χ0) is 12.9. The molecule has 2 N–H and O–H groups in total. The number of hydrogen-bond acceptors (Lipinski definition) is 2. The highest BCUT2D eigenvalue weighted by Gasteiger charge is 2.47. The van der Waals surface area contributed by atoms with Crippen LogP contribution < -0.4 is 5.32 Å². The van der Waals surface area contributed by atoms with Crippen LogP contribution in [0.15, 0.2) is 48.5 Å². The van der Waals surface area contributed by atoms with Crippen LogP contribution in [0.25, 0.3) is 11.1 Å². The van der Waals surface area contributed by atoms with Gasteiger partial charge in [0.2, 0.25) is 0 Å². The number of benzene rings is 2. The van der Waals surface area contributed by atoms with Crippen LogP contribution in [0.1, 0.15) is 24.0 Å². The van der Waals surface area contributed by atoms with Gasteiger partial charge in [-0.05, 0) is 41.6 Å². The van der Waals surface area contributed by atoms with Gasteiger partial charge in [-0.3, -0.25) is 0 Å². The molecule has 96 valence electrons. The summed E-state index contributed by atoms with van der Waals surface area (Å²) in [4.78, 5) is 0. The summed E-state index contributed by atoms with van der Waals surface area (Å²) < 4.78 is 0. The van der Waals surface area contributed by atoms with Crippen molar-refractivity contribution in [2.45, 2.75) is 24.5 Å². The van der Waals surface area contributed by atoms with Crippen molar-refractivity contribution in [2.75, 3.05) is 6.54 Å². The molecule has 1 saturated heterocycles. The molecule has 2 heteroatoms. The van der Waals surface area contributed by atoms with Crippen LogP contribution in [0.4, 0.5) is 0 Å². The molecule has 2 aromatic carbocycles. The molecule has 0 radical (unpaired) electrons. The molecule has 19 heavy (non-hydrogen) atoms. The second-order valence-electron chi connectivity index (χ2n) is 5.51. The molecule has 1 atom stereocenters. The molecule has 1 heterocycles. The molecule has 2 aromatic rings. The highest BCUT2D eigenvalue weighted by atomic mass is 16.3. The number of hydrogen-bond donors (Lipinski definition) is 2. The zero-order valence-corrected chi connectivity index (χ0v) is 10.8. The lowest BCUT2D eigenvalue weighted by molar-refractivity contribution is 0.0488. The van der Waals surface area contributed by atoms with Gasteiger partial charge in [0, 0.05) is 6.04 Å². The second-order valence-corrected chi connectivity index (χ2v) is 5.51. The van der Waals surface area contributed by atoms with E-state index in [9.17, 15) is 5.11 Å². The molecule has 0 bridgehead atoms. The molecule has 0 saturated carbocycles. The van der Waals surface area contributed by atoms with Crippen molar-refractivity contribution >= 4 is 0 Å². The van der Waals surface area contributed by atoms with Crippen molar-refractivity contribution in [3.05, 3.63) is 59.7 Å². The van der Waals surface area contributed by atoms with Crippen molar-refractivity contribution in [1.82, 2.24) is 5.32 Å². The number of fused-ring (bicyclic) bond motifs is 3. The van der Waals surface area contributed by atoms with E-state index in [1.807, 2.05) is 24.3 Å². The molecular weight excluding hydrogens is 234 g/mol. The maximum Gasteiger partial charge on any atom is 0.131 e. The molecule has 0 aromatic heterocycles. The highest BCUT2D eigenvalue weighted by molar-refractivity contribution is 5.80. The number of aliphatic hydroxyl groups is 1. The van der Waals surface area contributed by atoms with Gasteiger partial charge in [-0.1, -0.05) is 48.5 Å². The Morgan fingerprint density at radius 2 is 1.53 bits per heavy atom. The van der Waals surface area contributed by atoms with E-state index in [0.717, 1.165) is 30.5 Å². The van der Waals surface area contributed by atoms with E-state index >= 15 is 0 Å². The van der Waals surface area contributed by atoms with Crippen molar-refractivity contribution in [3.63, 3.8) is 0 Å². The average molecular weight is 251 g/mol. The smallest absolute Gasteiger partial charge is 0.131 e. The first kappa shape index (κ1) is 11.2. The fraction of sp³-hybridized carbons (Fsp3) is 0.294. The topological polar surface area (TPSA) is 32.3 Å². The van der Waals surface area contributed by atoms with Gasteiger partial charge < -0.3 is 10.4 Å². The van der Waals surface area contributed by atoms with Crippen molar-refractivity contribution in [1.29, 1.82) is 0 Å². The van der Waals surface area contributed by atoms with Crippen LogP contribution in [0.5, 0.6) is 0 Å². The first-order valence-corrected chi connectivity index (χ1v) is 6.97. The quantitative estimate of drug-likeness (QED) is 0.816. The summed E-state index contributed by atoms with van der Waals surface area (Å²) in [7, 11) is 0. The minimum absolute atomic E-state index is 0.123. The van der Waals surface area contributed by atoms with E-state index in [1.165, 1.54) is 11.1 Å². The fourth-order valence-corrected chi connectivity index (χ4v) is 3.66. The Bertz CT molecular complexity index is 583. The van der Waals surface area contributed by atoms with Gasteiger partial charge in [-0.25, -0.2) is 0 Å². The van der Waals surface area contributed by atoms with Crippen molar-refractivity contribution in [2.24, 2.45) is 0 Å². The van der Waals surface area contributed by atoms with E-state index in [2.05, 4.69) is 29.6 Å². The SMILES string of the molecule is OC1(C2CCCN2)c2ccccc2-c2ccccc21. The lowest BCUT2D eigenvalue weighted by Crippen LogP contribution is -2.44. The standard InChI is InChI=1S/C17H17NO/c19-17(16-10-5-11-18-16)14-8-3-1-6-12(14)13-7-2-4-9-15(13)17/h1-4,6-9,16,18-19H,5,10-11H2. The largest absolute Gasteiger partial charge is 0.379 e. The third kappa shape index (κ3) is 1.38. The van der Waals surface area contributed by atoms with Gasteiger partial charge in [-0.2, -0.15) is 0 Å². The van der Waals surface area contributed by atoms with Crippen LogP contribution in [-0.4, -0.2) is 17.7 Å². The normalized spacial score (nSPS) is 23.1. The molecule has 2 aliphatic rings. The van der Waals surface area contributed by atoms with E-state index in [0.29, 0.717) is 0 Å². The summed E-state index contributed by atoms with van der Waals surface area (Å²) in [5, 5.41) is 14.9. The van der Waals surface area contributed by atoms with E-state index < -0.39 is 5.60 Å². The van der Waals surface area contributed by atoms with Crippen LogP contribution in [0.2, 0.25) is 0 Å². The molecule has 1 fully saturated rings. The number of nitrogens with one attached hydrogen (secondary N) is 1. The van der Waals surface area contributed by atoms with Crippen molar-refractivity contribution in [3.8, 4) is 11.1 Å². The molecule has 1 unspecified atom stereocenters. The lowest BCUT2D eigenvalue weighted by Gasteiger charge is -2.32. The zero-order valence-electron chi connectivity index (χ0n) is 10.8. The van der Waals surface area contributed by atoms with Gasteiger partial charge >= 0.3 is 0 Å². The Morgan fingerprint density at radius 3 is 2.05 bits per heavy atom. The van der Waals surface area contributed by atoms with Crippen LogP contribution >= 0.6 is 0 Å². The minimum atomic E-state index is -0.871. The molecule has 0 amide bonds. The second kappa shape index (κ2) is 3.92. The van der Waals surface area contributed by atoms with Crippen LogP contribution in [0.3, 0.4) is 0 Å². The predicted octanol–water partition coefficient (Wildman–Crippen LogP) is 2.65. The van der Waals surface area contributed by atoms with Crippen LogP contribution in [-0.2, 0) is 5.60 Å². The highest BCUT2D eigenvalue weighted by Crippen LogP contribution is 2.50. The Morgan fingerprint density at radius 1 is 0.947 bits per heavy atom. The van der Waals surface area contributed by atoms with E-state index in [1.54, 1.807) is 0 Å². The van der Waals surface area contributed by atoms with Crippen LogP contribution in [0, 0.1) is 0 Å². The molecule has 4 rings (SSSR count). The fourth-order valence-electron chi connectivity index (χ4n) is 3.66. The summed E-state index contributed by atoms with van der Waals surface area (Å²) in [5.41, 5.74) is 3.58. The average Bonchev–Trinajstić information content (AvgIpc) is 3.08. The van der Waals surface area contributed by atoms with Gasteiger partial charge in [-0.15, -0.1) is 0 Å². The Kier molecular flexibility index (Phi) is 2.32. The third-order valence-electron chi connectivity index (χ3n) is 4.53. The molecule has 1 aliphatic heterocycles. The summed E-state index contributed by atoms with van der Waals surface area (Å²) in [5.74, 6) is 0. The summed E-state index contributed by atoms with van der Waals surface area (Å²) in [6.45, 7) is 0.997. The van der Waals surface area contributed by atoms with Gasteiger partial charge in [0.25, 0.3) is 0 Å². The van der Waals surface area contributed by atoms with Gasteiger partial charge in [0.1, 0.15) is 5.60 Å². The monoisotopic (exact) mass is 251 g/mol. The lowest BCUT2D eigenvalue weighted by atomic mass is 9.83. The molecule has 0 spiro atoms. The third-order valence-corrected chi connectivity index (χ3v) is 4.53. The van der Waals surface area contributed by atoms with Gasteiger partial charge in [0.15, 0.2) is 0 Å². The molecule has 1 aliphatic carbocycles. The summed E-state index contributed by atoms with van der Waals surface area (Å²) >= 11 is 0. The molecular formula is C17H17NO. The summed E-state index contributed by atoms with van der Waals surface area (Å²) in [6, 6.07) is 16.6. The van der Waals surface area contributed by atoms with E-state index in [-0.39, 0.29) is 6.04 Å². The Labute approximate surface area is 113 Å². The number of rotatable bonds is 1. The Hall–Kier alpha value is -1.64. The minimum Gasteiger partial charge on any atom is -0.379 e. The molecule has 2 nitrogen and oxygen atoms in total. The van der Waals surface area contributed by atoms with Gasteiger partial charge in [0.05, 0.1) is 0 Å². The first-order chi connectivity index (χ1) is 9.32. The van der Waals surface area contributed by atoms with E-state index in [4.69, 9.17) is 0 Å². The maximum atomic E-state index is 11.4. The first-order valence-electron chi connectivity index (χ1n) is 6.97. The predicted molar refractivity (Wildman–Crippen MR) is 75.9 cm³/mol.